The van der Waals surface area contributed by atoms with Crippen LogP contribution in [0, 0.1) is 0 Å². The number of carbonyl (C=O) groups is 1. The van der Waals surface area contributed by atoms with Gasteiger partial charge in [-0.2, -0.15) is 0 Å². The summed E-state index contributed by atoms with van der Waals surface area (Å²) in [5.74, 6) is 0.826. The highest BCUT2D eigenvalue weighted by Crippen LogP contribution is 2.29. The van der Waals surface area contributed by atoms with E-state index in [2.05, 4.69) is 39.1 Å². The zero-order chi connectivity index (χ0) is 13.8. The second-order valence-corrected chi connectivity index (χ2v) is 5.51. The quantitative estimate of drug-likeness (QED) is 0.669. The van der Waals surface area contributed by atoms with Crippen LogP contribution in [0.3, 0.4) is 0 Å². The van der Waals surface area contributed by atoms with Crippen LogP contribution in [0.25, 0.3) is 5.57 Å². The molecule has 2 rings (SSSR count). The minimum Gasteiger partial charge on any atom is -0.340 e. The van der Waals surface area contributed by atoms with E-state index >= 15 is 0 Å². The van der Waals surface area contributed by atoms with Gasteiger partial charge in [0.1, 0.15) is 5.82 Å². The van der Waals surface area contributed by atoms with Crippen LogP contribution < -0.4 is 0 Å². The van der Waals surface area contributed by atoms with Crippen molar-refractivity contribution in [2.75, 3.05) is 6.54 Å². The molecule has 0 saturated carbocycles. The summed E-state index contributed by atoms with van der Waals surface area (Å²) in [5.41, 5.74) is 1.69. The molecule has 19 heavy (non-hydrogen) atoms. The first kappa shape index (κ1) is 13.8. The summed E-state index contributed by atoms with van der Waals surface area (Å²) >= 11 is 3.26. The van der Waals surface area contributed by atoms with Crippen LogP contribution in [0.4, 0.5) is 0 Å². The number of aromatic amines is 1. The van der Waals surface area contributed by atoms with Crippen LogP contribution in [0.1, 0.15) is 30.4 Å². The number of likely N-dealkylation sites (tertiary alicyclic amines) is 1. The summed E-state index contributed by atoms with van der Waals surface area (Å²) < 4.78 is 0.788. The SMILES string of the molecule is C=C(Br)/C=C\C(=C)c1cnc(C2CCCN2C=O)[nH]1. The number of imidazole rings is 1. The van der Waals surface area contributed by atoms with Gasteiger partial charge in [0.15, 0.2) is 0 Å². The Hall–Kier alpha value is -1.62. The molecule has 0 spiro atoms. The fraction of sp³-hybridized carbons (Fsp3) is 0.286. The van der Waals surface area contributed by atoms with Gasteiger partial charge in [-0.05, 0) is 24.5 Å². The summed E-state index contributed by atoms with van der Waals surface area (Å²) in [4.78, 5) is 20.3. The molecule has 1 aliphatic heterocycles. The summed E-state index contributed by atoms with van der Waals surface area (Å²) in [7, 11) is 0. The van der Waals surface area contributed by atoms with Crippen molar-refractivity contribution in [3.05, 3.63) is 47.5 Å². The van der Waals surface area contributed by atoms with Gasteiger partial charge in [0, 0.05) is 11.0 Å². The Labute approximate surface area is 121 Å². The fourth-order valence-electron chi connectivity index (χ4n) is 2.16. The van der Waals surface area contributed by atoms with Crippen molar-refractivity contribution in [3.8, 4) is 0 Å². The number of rotatable bonds is 5. The molecule has 1 N–H and O–H groups in total. The number of carbonyl (C=O) groups excluding carboxylic acids is 1. The second-order valence-electron chi connectivity index (χ2n) is 4.49. The van der Waals surface area contributed by atoms with E-state index in [9.17, 15) is 4.79 Å². The van der Waals surface area contributed by atoms with Crippen molar-refractivity contribution in [3.63, 3.8) is 0 Å². The average Bonchev–Trinajstić information content (AvgIpc) is 3.03. The van der Waals surface area contributed by atoms with Gasteiger partial charge in [0.25, 0.3) is 0 Å². The lowest BCUT2D eigenvalue weighted by molar-refractivity contribution is -0.119. The van der Waals surface area contributed by atoms with Gasteiger partial charge in [-0.15, -0.1) is 0 Å². The van der Waals surface area contributed by atoms with E-state index in [0.29, 0.717) is 0 Å². The smallest absolute Gasteiger partial charge is 0.210 e. The maximum absolute atomic E-state index is 10.9. The molecule has 100 valence electrons. The van der Waals surface area contributed by atoms with E-state index in [0.717, 1.165) is 47.4 Å². The first-order chi connectivity index (χ1) is 9.11. The summed E-state index contributed by atoms with van der Waals surface area (Å²) in [6.45, 7) is 8.50. The molecular weight excluding hydrogens is 306 g/mol. The van der Waals surface area contributed by atoms with Crippen molar-refractivity contribution < 1.29 is 4.79 Å². The van der Waals surface area contributed by atoms with Crippen molar-refractivity contribution in [2.45, 2.75) is 18.9 Å². The molecule has 1 unspecified atom stereocenters. The predicted octanol–water partition coefficient (Wildman–Crippen LogP) is 3.18. The monoisotopic (exact) mass is 321 g/mol. The Kier molecular flexibility index (Phi) is 4.37. The molecule has 0 bridgehead atoms. The van der Waals surface area contributed by atoms with Crippen LogP contribution in [0.2, 0.25) is 0 Å². The molecule has 2 heterocycles. The van der Waals surface area contributed by atoms with E-state index in [4.69, 9.17) is 0 Å². The normalized spacial score (nSPS) is 19.0. The first-order valence-corrected chi connectivity index (χ1v) is 6.89. The Bertz CT molecular complexity index is 533. The number of nitrogens with zero attached hydrogens (tertiary/aromatic N) is 2. The maximum atomic E-state index is 10.9. The van der Waals surface area contributed by atoms with Gasteiger partial charge in [0.05, 0.1) is 17.9 Å². The molecule has 1 saturated heterocycles. The molecule has 0 aliphatic carbocycles. The minimum absolute atomic E-state index is 0.0640. The molecule has 1 fully saturated rings. The maximum Gasteiger partial charge on any atom is 0.210 e. The molecule has 1 atom stereocenters. The van der Waals surface area contributed by atoms with Crippen LogP contribution in [0.15, 0.2) is 36.0 Å². The predicted molar refractivity (Wildman–Crippen MR) is 79.6 cm³/mol. The van der Waals surface area contributed by atoms with Crippen LogP contribution >= 0.6 is 15.9 Å². The lowest BCUT2D eigenvalue weighted by atomic mass is 10.2. The number of H-pyrrole nitrogens is 1. The molecule has 1 aromatic rings. The molecule has 4 nitrogen and oxygen atoms in total. The van der Waals surface area contributed by atoms with Crippen LogP contribution in [-0.2, 0) is 4.79 Å². The van der Waals surface area contributed by atoms with Gasteiger partial charge in [-0.3, -0.25) is 4.79 Å². The van der Waals surface area contributed by atoms with E-state index < -0.39 is 0 Å². The summed E-state index contributed by atoms with van der Waals surface area (Å²) in [6.07, 6.45) is 8.30. The van der Waals surface area contributed by atoms with E-state index in [1.807, 2.05) is 12.2 Å². The van der Waals surface area contributed by atoms with Gasteiger partial charge in [-0.1, -0.05) is 35.2 Å². The number of allylic oxidation sites excluding steroid dienone is 4. The Morgan fingerprint density at radius 2 is 2.32 bits per heavy atom. The standard InChI is InChI=1S/C14H16BrN3O/c1-10(5-6-11(2)15)12-8-16-14(17-12)13-4-3-7-18(13)9-19/h5-6,8-9,13H,1-4,7H2,(H,16,17)/b6-5-. The number of hydrogen-bond donors (Lipinski definition) is 1. The van der Waals surface area contributed by atoms with E-state index in [1.165, 1.54) is 0 Å². The first-order valence-electron chi connectivity index (χ1n) is 6.09. The molecule has 0 radical (unpaired) electrons. The van der Waals surface area contributed by atoms with Gasteiger partial charge in [-0.25, -0.2) is 4.98 Å². The van der Waals surface area contributed by atoms with Gasteiger partial charge >= 0.3 is 0 Å². The third-order valence-corrected chi connectivity index (χ3v) is 3.42. The number of aromatic nitrogens is 2. The average molecular weight is 322 g/mol. The molecule has 1 amide bonds. The van der Waals surface area contributed by atoms with Crippen molar-refractivity contribution in [1.29, 1.82) is 0 Å². The highest BCUT2D eigenvalue weighted by atomic mass is 79.9. The zero-order valence-corrected chi connectivity index (χ0v) is 12.2. The molecule has 0 aromatic carbocycles. The molecule has 5 heteroatoms. The third-order valence-electron chi connectivity index (χ3n) is 3.15. The summed E-state index contributed by atoms with van der Waals surface area (Å²) in [5, 5.41) is 0. The van der Waals surface area contributed by atoms with E-state index in [1.54, 1.807) is 11.1 Å². The van der Waals surface area contributed by atoms with Gasteiger partial charge in [0.2, 0.25) is 6.41 Å². The fourth-order valence-corrected chi connectivity index (χ4v) is 2.29. The van der Waals surface area contributed by atoms with Gasteiger partial charge < -0.3 is 9.88 Å². The second kappa shape index (κ2) is 6.02. The lowest BCUT2D eigenvalue weighted by Gasteiger charge is -2.17. The van der Waals surface area contributed by atoms with Crippen molar-refractivity contribution in [2.24, 2.45) is 0 Å². The third kappa shape index (κ3) is 3.23. The Morgan fingerprint density at radius 3 is 3.00 bits per heavy atom. The highest BCUT2D eigenvalue weighted by Gasteiger charge is 2.26. The Balaban J connectivity index is 2.12. The van der Waals surface area contributed by atoms with E-state index in [-0.39, 0.29) is 6.04 Å². The van der Waals surface area contributed by atoms with Crippen molar-refractivity contribution in [1.82, 2.24) is 14.9 Å². The Morgan fingerprint density at radius 1 is 1.53 bits per heavy atom. The number of nitrogens with one attached hydrogen (secondary N) is 1. The van der Waals surface area contributed by atoms with Crippen LogP contribution in [-0.4, -0.2) is 27.8 Å². The highest BCUT2D eigenvalue weighted by molar-refractivity contribution is 9.11. The molecule has 1 aromatic heterocycles. The number of halogens is 1. The lowest BCUT2D eigenvalue weighted by Crippen LogP contribution is -2.21. The minimum atomic E-state index is 0.0640. The van der Waals surface area contributed by atoms with Crippen molar-refractivity contribution >= 4 is 27.9 Å². The molecule has 1 aliphatic rings. The van der Waals surface area contributed by atoms with Crippen LogP contribution in [0.5, 0.6) is 0 Å². The number of amides is 1. The largest absolute Gasteiger partial charge is 0.340 e. The molecular formula is C14H16BrN3O. The zero-order valence-electron chi connectivity index (χ0n) is 10.6. The number of hydrogen-bond acceptors (Lipinski definition) is 2. The topological polar surface area (TPSA) is 49.0 Å². The summed E-state index contributed by atoms with van der Waals surface area (Å²) in [6, 6.07) is 0.0640.